The zero-order valence-electron chi connectivity index (χ0n) is 16.2. The zero-order valence-corrected chi connectivity index (χ0v) is 16.2. The second-order valence-electron chi connectivity index (χ2n) is 7.45. The molecule has 0 bridgehead atoms. The lowest BCUT2D eigenvalue weighted by Gasteiger charge is -2.45. The van der Waals surface area contributed by atoms with Gasteiger partial charge in [-0.25, -0.2) is 4.79 Å². The van der Waals surface area contributed by atoms with Gasteiger partial charge in [-0.1, -0.05) is 6.07 Å². The number of carbonyl (C=O) groups is 1. The highest BCUT2D eigenvalue weighted by Crippen LogP contribution is 2.45. The monoisotopic (exact) mass is 433 g/mol. The minimum Gasteiger partial charge on any atom is -0.465 e. The van der Waals surface area contributed by atoms with Crippen molar-refractivity contribution >= 4 is 17.5 Å². The number of halogens is 3. The van der Waals surface area contributed by atoms with Gasteiger partial charge >= 0.3 is 12.3 Å². The van der Waals surface area contributed by atoms with Crippen LogP contribution in [0.3, 0.4) is 0 Å². The second-order valence-corrected chi connectivity index (χ2v) is 7.45. The van der Waals surface area contributed by atoms with Crippen molar-refractivity contribution in [3.05, 3.63) is 81.0 Å². The third kappa shape index (κ3) is 3.80. The summed E-state index contributed by atoms with van der Waals surface area (Å²) in [6, 6.07) is 10.2. The van der Waals surface area contributed by atoms with E-state index in [4.69, 9.17) is 0 Å². The number of alkyl halides is 3. The van der Waals surface area contributed by atoms with Gasteiger partial charge in [0.05, 0.1) is 10.5 Å². The largest absolute Gasteiger partial charge is 0.465 e. The Morgan fingerprint density at radius 3 is 2.45 bits per heavy atom. The summed E-state index contributed by atoms with van der Waals surface area (Å²) < 4.78 is 40.0. The molecule has 1 amide bonds. The van der Waals surface area contributed by atoms with Crippen molar-refractivity contribution in [3.8, 4) is 0 Å². The van der Waals surface area contributed by atoms with E-state index in [0.29, 0.717) is 18.4 Å². The van der Waals surface area contributed by atoms with E-state index in [1.807, 2.05) is 0 Å². The quantitative estimate of drug-likeness (QED) is 0.507. The van der Waals surface area contributed by atoms with Gasteiger partial charge in [0.25, 0.3) is 5.69 Å². The maximum atomic E-state index is 13.3. The SMILES string of the molecule is O=C(O)N1CC2=C(CCC2)N(c2cccc(C(F)(F)F)c2)[C@@H]1c1ccc([N+](=O)[O-])cc1. The smallest absolute Gasteiger partial charge is 0.416 e. The molecule has 1 atom stereocenters. The second kappa shape index (κ2) is 7.60. The molecule has 0 unspecified atom stereocenters. The van der Waals surface area contributed by atoms with Gasteiger partial charge in [0, 0.05) is 30.1 Å². The highest BCUT2D eigenvalue weighted by atomic mass is 19.4. The maximum Gasteiger partial charge on any atom is 0.416 e. The van der Waals surface area contributed by atoms with E-state index in [0.717, 1.165) is 34.7 Å². The Labute approximate surface area is 175 Å². The summed E-state index contributed by atoms with van der Waals surface area (Å²) in [6.07, 6.45) is -4.66. The Hall–Kier alpha value is -3.56. The van der Waals surface area contributed by atoms with Crippen LogP contribution in [0.5, 0.6) is 0 Å². The molecule has 2 aromatic carbocycles. The molecular weight excluding hydrogens is 415 g/mol. The summed E-state index contributed by atoms with van der Waals surface area (Å²) in [6.45, 7) is 0.141. The molecule has 0 spiro atoms. The highest BCUT2D eigenvalue weighted by Gasteiger charge is 2.41. The van der Waals surface area contributed by atoms with Gasteiger partial charge in [-0.15, -0.1) is 0 Å². The molecule has 2 aliphatic rings. The molecule has 0 radical (unpaired) electrons. The van der Waals surface area contributed by atoms with Crippen LogP contribution in [0, 0.1) is 10.1 Å². The number of hydrogen-bond acceptors (Lipinski definition) is 4. The fraction of sp³-hybridized carbons (Fsp3) is 0.286. The number of allylic oxidation sites excluding steroid dienone is 1. The lowest BCUT2D eigenvalue weighted by atomic mass is 10.0. The minimum atomic E-state index is -4.55. The first kappa shape index (κ1) is 20.7. The van der Waals surface area contributed by atoms with Crippen LogP contribution in [0.4, 0.5) is 29.3 Å². The van der Waals surface area contributed by atoms with E-state index in [9.17, 15) is 33.2 Å². The fourth-order valence-corrected chi connectivity index (χ4v) is 4.23. The lowest BCUT2D eigenvalue weighted by molar-refractivity contribution is -0.384. The third-order valence-electron chi connectivity index (χ3n) is 5.59. The van der Waals surface area contributed by atoms with E-state index in [1.165, 1.54) is 36.4 Å². The molecule has 31 heavy (non-hydrogen) atoms. The number of non-ortho nitro benzene ring substituents is 1. The Morgan fingerprint density at radius 2 is 1.84 bits per heavy atom. The Bertz CT molecular complexity index is 1070. The van der Waals surface area contributed by atoms with Crippen LogP contribution < -0.4 is 4.90 Å². The third-order valence-corrected chi connectivity index (χ3v) is 5.59. The first-order valence-electron chi connectivity index (χ1n) is 9.58. The Morgan fingerprint density at radius 1 is 1.13 bits per heavy atom. The number of carboxylic acid groups (broad SMARTS) is 1. The predicted molar refractivity (Wildman–Crippen MR) is 105 cm³/mol. The van der Waals surface area contributed by atoms with E-state index in [1.54, 1.807) is 4.90 Å². The van der Waals surface area contributed by atoms with Gasteiger partial charge in [0.1, 0.15) is 6.17 Å². The van der Waals surface area contributed by atoms with Crippen LogP contribution in [0.1, 0.15) is 36.6 Å². The molecule has 1 aliphatic carbocycles. The summed E-state index contributed by atoms with van der Waals surface area (Å²) >= 11 is 0. The first-order chi connectivity index (χ1) is 14.7. The van der Waals surface area contributed by atoms with Gasteiger partial charge in [-0.3, -0.25) is 15.0 Å². The van der Waals surface area contributed by atoms with Crippen molar-refractivity contribution in [1.82, 2.24) is 4.90 Å². The minimum absolute atomic E-state index is 0.141. The molecule has 10 heteroatoms. The van der Waals surface area contributed by atoms with E-state index >= 15 is 0 Å². The normalized spacial score (nSPS) is 18.9. The van der Waals surface area contributed by atoms with Gasteiger partial charge in [-0.2, -0.15) is 13.2 Å². The molecule has 2 aromatic rings. The van der Waals surface area contributed by atoms with Crippen molar-refractivity contribution in [2.24, 2.45) is 0 Å². The molecule has 4 rings (SSSR count). The first-order valence-corrected chi connectivity index (χ1v) is 9.58. The standard InChI is InChI=1S/C21H18F3N3O4/c22-21(23,24)15-4-2-5-17(11-15)26-18-6-1-3-14(18)12-25(20(28)29)19(26)13-7-9-16(10-8-13)27(30)31/h2,4-5,7-11,19H,1,3,6,12H2,(H,28,29)/t19-/m1/s1. The molecule has 0 saturated carbocycles. The number of anilines is 1. The van der Waals surface area contributed by atoms with Crippen LogP contribution in [-0.4, -0.2) is 27.6 Å². The van der Waals surface area contributed by atoms with Crippen molar-refractivity contribution in [2.45, 2.75) is 31.6 Å². The summed E-state index contributed by atoms with van der Waals surface area (Å²) in [5.74, 6) is 0. The Kier molecular flexibility index (Phi) is 5.08. The predicted octanol–water partition coefficient (Wildman–Crippen LogP) is 5.55. The van der Waals surface area contributed by atoms with E-state index in [2.05, 4.69) is 0 Å². The summed E-state index contributed by atoms with van der Waals surface area (Å²) in [7, 11) is 0. The van der Waals surface area contributed by atoms with E-state index < -0.39 is 28.9 Å². The van der Waals surface area contributed by atoms with Gasteiger partial charge in [0.2, 0.25) is 0 Å². The summed E-state index contributed by atoms with van der Waals surface area (Å²) in [5, 5.41) is 20.9. The fourth-order valence-electron chi connectivity index (χ4n) is 4.23. The number of rotatable bonds is 3. The van der Waals surface area contributed by atoms with Gasteiger partial charge < -0.3 is 10.0 Å². The molecular formula is C21H18F3N3O4. The van der Waals surface area contributed by atoms with E-state index in [-0.39, 0.29) is 17.9 Å². The number of benzene rings is 2. The number of nitrogens with zero attached hydrogens (tertiary/aromatic N) is 3. The van der Waals surface area contributed by atoms with Crippen LogP contribution in [-0.2, 0) is 6.18 Å². The molecule has 1 heterocycles. The van der Waals surface area contributed by atoms with Crippen LogP contribution in [0.25, 0.3) is 0 Å². The highest BCUT2D eigenvalue weighted by molar-refractivity contribution is 5.70. The number of hydrogen-bond donors (Lipinski definition) is 1. The van der Waals surface area contributed by atoms with Crippen molar-refractivity contribution in [3.63, 3.8) is 0 Å². The Balaban J connectivity index is 1.88. The summed E-state index contributed by atoms with van der Waals surface area (Å²) in [5.41, 5.74) is 1.34. The molecule has 0 fully saturated rings. The number of nitro groups is 1. The van der Waals surface area contributed by atoms with Crippen LogP contribution in [0.15, 0.2) is 59.8 Å². The molecule has 0 aromatic heterocycles. The molecule has 7 nitrogen and oxygen atoms in total. The average molecular weight is 433 g/mol. The van der Waals surface area contributed by atoms with Gasteiger partial charge in [0.15, 0.2) is 0 Å². The molecule has 1 N–H and O–H groups in total. The average Bonchev–Trinajstić information content (AvgIpc) is 3.20. The van der Waals surface area contributed by atoms with Gasteiger partial charge in [-0.05, 0) is 60.7 Å². The summed E-state index contributed by atoms with van der Waals surface area (Å²) in [4.78, 5) is 25.3. The van der Waals surface area contributed by atoms with Crippen molar-refractivity contribution in [1.29, 1.82) is 0 Å². The zero-order chi connectivity index (χ0) is 22.3. The van der Waals surface area contributed by atoms with Crippen molar-refractivity contribution in [2.75, 3.05) is 11.4 Å². The topological polar surface area (TPSA) is 86.9 Å². The maximum absolute atomic E-state index is 13.3. The molecule has 0 saturated heterocycles. The van der Waals surface area contributed by atoms with Crippen LogP contribution in [0.2, 0.25) is 0 Å². The molecule has 1 aliphatic heterocycles. The molecule has 162 valence electrons. The number of amides is 1. The van der Waals surface area contributed by atoms with Crippen molar-refractivity contribution < 1.29 is 28.0 Å². The van der Waals surface area contributed by atoms with Crippen LogP contribution >= 0.6 is 0 Å². The number of nitro benzene ring substituents is 1. The lowest BCUT2D eigenvalue weighted by Crippen LogP contribution is -2.48.